The number of nitrogens with one attached hydrogen (secondary N) is 3. The molecule has 0 aliphatic carbocycles. The van der Waals surface area contributed by atoms with Gasteiger partial charge in [-0.2, -0.15) is 0 Å². The van der Waals surface area contributed by atoms with E-state index in [4.69, 9.17) is 4.42 Å². The average Bonchev–Trinajstić information content (AvgIpc) is 3.21. The number of rotatable bonds is 8. The third kappa shape index (κ3) is 6.03. The maximum absolute atomic E-state index is 12.2. The van der Waals surface area contributed by atoms with Gasteiger partial charge >= 0.3 is 12.1 Å². The molecule has 0 bridgehead atoms. The average molecular weight is 374 g/mol. The first-order valence-electron chi connectivity index (χ1n) is 8.84. The molecule has 0 saturated heterocycles. The first-order chi connectivity index (χ1) is 13.1. The van der Waals surface area contributed by atoms with E-state index < -0.39 is 6.09 Å². The molecule has 1 aromatic carbocycles. The monoisotopic (exact) mass is 374 g/mol. The summed E-state index contributed by atoms with van der Waals surface area (Å²) in [6.07, 6.45) is 1.09. The Labute approximate surface area is 158 Å². The van der Waals surface area contributed by atoms with Crippen LogP contribution >= 0.6 is 0 Å². The maximum atomic E-state index is 12.2. The summed E-state index contributed by atoms with van der Waals surface area (Å²) < 4.78 is 10.1. The summed E-state index contributed by atoms with van der Waals surface area (Å²) in [6, 6.07) is 10.1. The van der Waals surface area contributed by atoms with Crippen LogP contribution in [0.3, 0.4) is 0 Å². The Morgan fingerprint density at radius 3 is 2.22 bits per heavy atom. The normalized spacial score (nSPS) is 11.7. The van der Waals surface area contributed by atoms with Crippen molar-refractivity contribution in [2.45, 2.75) is 19.9 Å². The number of ether oxygens (including phenoxy) is 1. The summed E-state index contributed by atoms with van der Waals surface area (Å²) in [7, 11) is 1.30. The molecule has 2 rings (SSSR count). The Hall–Kier alpha value is -3.00. The lowest BCUT2D eigenvalue weighted by Gasteiger charge is -2.28. The fourth-order valence-electron chi connectivity index (χ4n) is 2.73. The van der Waals surface area contributed by atoms with E-state index in [0.717, 1.165) is 18.8 Å². The van der Waals surface area contributed by atoms with Crippen molar-refractivity contribution in [2.75, 3.05) is 37.4 Å². The van der Waals surface area contributed by atoms with Crippen molar-refractivity contribution < 1.29 is 18.7 Å². The number of furan rings is 1. The predicted molar refractivity (Wildman–Crippen MR) is 104 cm³/mol. The molecule has 1 atom stereocenters. The third-order valence-corrected chi connectivity index (χ3v) is 4.16. The Balaban J connectivity index is 1.91. The van der Waals surface area contributed by atoms with Gasteiger partial charge in [0.15, 0.2) is 0 Å². The molecule has 1 unspecified atom stereocenters. The highest BCUT2D eigenvalue weighted by Crippen LogP contribution is 2.20. The molecule has 146 valence electrons. The summed E-state index contributed by atoms with van der Waals surface area (Å²) in [6.45, 7) is 6.26. The van der Waals surface area contributed by atoms with Gasteiger partial charge in [0.25, 0.3) is 0 Å². The molecule has 0 fully saturated rings. The van der Waals surface area contributed by atoms with Gasteiger partial charge in [0.2, 0.25) is 0 Å². The number of hydrogen-bond donors (Lipinski definition) is 3. The Bertz CT molecular complexity index is 712. The third-order valence-electron chi connectivity index (χ3n) is 4.16. The zero-order chi connectivity index (χ0) is 19.6. The van der Waals surface area contributed by atoms with Crippen molar-refractivity contribution in [3.8, 4) is 0 Å². The standard InChI is InChI=1S/C19H26N4O4/c1-4-23(5-2)16(17-7-6-12-27-17)13-20-18(24)21-14-8-10-15(11-9-14)22-19(25)26-3/h6-12,16H,4-5,13H2,1-3H3,(H,22,25)(H2,20,21,24). The lowest BCUT2D eigenvalue weighted by atomic mass is 10.2. The Kier molecular flexibility index (Phi) is 7.69. The number of carbonyl (C=O) groups is 2. The van der Waals surface area contributed by atoms with Crippen LogP contribution in [0.4, 0.5) is 21.0 Å². The van der Waals surface area contributed by atoms with Crippen LogP contribution in [0.2, 0.25) is 0 Å². The van der Waals surface area contributed by atoms with E-state index in [1.807, 2.05) is 12.1 Å². The van der Waals surface area contributed by atoms with Gasteiger partial charge < -0.3 is 19.8 Å². The molecule has 2 aromatic rings. The zero-order valence-electron chi connectivity index (χ0n) is 15.8. The van der Waals surface area contributed by atoms with Crippen LogP contribution in [-0.4, -0.2) is 43.8 Å². The van der Waals surface area contributed by atoms with Gasteiger partial charge in [-0.05, 0) is 49.5 Å². The molecule has 0 aliphatic heterocycles. The lowest BCUT2D eigenvalue weighted by Crippen LogP contribution is -2.39. The van der Waals surface area contributed by atoms with Crippen LogP contribution in [0, 0.1) is 0 Å². The van der Waals surface area contributed by atoms with Crippen LogP contribution < -0.4 is 16.0 Å². The molecule has 3 amide bonds. The first kappa shape index (κ1) is 20.3. The van der Waals surface area contributed by atoms with E-state index in [9.17, 15) is 9.59 Å². The van der Waals surface area contributed by atoms with Crippen molar-refractivity contribution in [3.63, 3.8) is 0 Å². The number of likely N-dealkylation sites (N-methyl/N-ethyl adjacent to an activating group) is 1. The second-order valence-corrected chi connectivity index (χ2v) is 5.78. The smallest absolute Gasteiger partial charge is 0.411 e. The minimum absolute atomic E-state index is 0.0348. The quantitative estimate of drug-likeness (QED) is 0.655. The number of hydrogen-bond acceptors (Lipinski definition) is 5. The molecule has 8 heteroatoms. The maximum Gasteiger partial charge on any atom is 0.411 e. The van der Waals surface area contributed by atoms with Crippen LogP contribution in [-0.2, 0) is 4.74 Å². The number of benzene rings is 1. The Morgan fingerprint density at radius 1 is 1.07 bits per heavy atom. The molecular formula is C19H26N4O4. The summed E-state index contributed by atoms with van der Waals surface area (Å²) in [5.41, 5.74) is 1.19. The van der Waals surface area contributed by atoms with E-state index in [-0.39, 0.29) is 12.1 Å². The van der Waals surface area contributed by atoms with Gasteiger partial charge in [-0.15, -0.1) is 0 Å². The molecule has 0 radical (unpaired) electrons. The van der Waals surface area contributed by atoms with Crippen LogP contribution in [0.25, 0.3) is 0 Å². The van der Waals surface area contributed by atoms with Crippen molar-refractivity contribution in [2.24, 2.45) is 0 Å². The Morgan fingerprint density at radius 2 is 1.70 bits per heavy atom. The van der Waals surface area contributed by atoms with Gasteiger partial charge in [0.1, 0.15) is 5.76 Å². The molecule has 0 spiro atoms. The SMILES string of the molecule is CCN(CC)C(CNC(=O)Nc1ccc(NC(=O)OC)cc1)c1ccco1. The second-order valence-electron chi connectivity index (χ2n) is 5.78. The fraction of sp³-hybridized carbons (Fsp3) is 0.368. The highest BCUT2D eigenvalue weighted by Gasteiger charge is 2.21. The van der Waals surface area contributed by atoms with Gasteiger partial charge in [0.05, 0.1) is 19.4 Å². The number of methoxy groups -OCH3 is 1. The van der Waals surface area contributed by atoms with Gasteiger partial charge in [-0.3, -0.25) is 10.2 Å². The van der Waals surface area contributed by atoms with Gasteiger partial charge in [0, 0.05) is 17.9 Å². The molecule has 1 aromatic heterocycles. The van der Waals surface area contributed by atoms with Crippen LogP contribution in [0.1, 0.15) is 25.6 Å². The van der Waals surface area contributed by atoms with Crippen LogP contribution in [0.15, 0.2) is 47.1 Å². The molecule has 0 saturated carbocycles. The molecular weight excluding hydrogens is 348 g/mol. The van der Waals surface area contributed by atoms with Crippen LogP contribution in [0.5, 0.6) is 0 Å². The predicted octanol–water partition coefficient (Wildman–Crippen LogP) is 3.66. The van der Waals surface area contributed by atoms with Gasteiger partial charge in [-0.1, -0.05) is 13.8 Å². The number of anilines is 2. The summed E-state index contributed by atoms with van der Waals surface area (Å²) >= 11 is 0. The number of amides is 3. The van der Waals surface area contributed by atoms with Crippen molar-refractivity contribution in [1.29, 1.82) is 0 Å². The highest BCUT2D eigenvalue weighted by molar-refractivity contribution is 5.90. The molecule has 3 N–H and O–H groups in total. The molecule has 27 heavy (non-hydrogen) atoms. The number of carbonyl (C=O) groups excluding carboxylic acids is 2. The molecule has 8 nitrogen and oxygen atoms in total. The van der Waals surface area contributed by atoms with E-state index in [1.54, 1.807) is 30.5 Å². The topological polar surface area (TPSA) is 95.8 Å². The second kappa shape index (κ2) is 10.2. The van der Waals surface area contributed by atoms with E-state index in [0.29, 0.717) is 17.9 Å². The van der Waals surface area contributed by atoms with Crippen molar-refractivity contribution in [1.82, 2.24) is 10.2 Å². The lowest BCUT2D eigenvalue weighted by molar-refractivity contribution is 0.187. The van der Waals surface area contributed by atoms with Crippen molar-refractivity contribution in [3.05, 3.63) is 48.4 Å². The molecule has 1 heterocycles. The number of urea groups is 1. The summed E-state index contributed by atoms with van der Waals surface area (Å²) in [4.78, 5) is 25.6. The minimum atomic E-state index is -0.547. The zero-order valence-corrected chi connectivity index (χ0v) is 15.8. The van der Waals surface area contributed by atoms with E-state index in [2.05, 4.69) is 39.4 Å². The summed E-state index contributed by atoms with van der Waals surface area (Å²) in [5.74, 6) is 0.817. The van der Waals surface area contributed by atoms with Crippen molar-refractivity contribution >= 4 is 23.5 Å². The van der Waals surface area contributed by atoms with Gasteiger partial charge in [-0.25, -0.2) is 9.59 Å². The molecule has 0 aliphatic rings. The van der Waals surface area contributed by atoms with E-state index >= 15 is 0 Å². The summed E-state index contributed by atoms with van der Waals surface area (Å²) in [5, 5.41) is 8.20. The minimum Gasteiger partial charge on any atom is -0.468 e. The highest BCUT2D eigenvalue weighted by atomic mass is 16.5. The fourth-order valence-corrected chi connectivity index (χ4v) is 2.73. The largest absolute Gasteiger partial charge is 0.468 e. The van der Waals surface area contributed by atoms with E-state index in [1.165, 1.54) is 7.11 Å². The number of nitrogens with zero attached hydrogens (tertiary/aromatic N) is 1. The first-order valence-corrected chi connectivity index (χ1v) is 8.84.